The Morgan fingerprint density at radius 1 is 1.31 bits per heavy atom. The minimum absolute atomic E-state index is 0.175. The van der Waals surface area contributed by atoms with Gasteiger partial charge in [-0.15, -0.1) is 0 Å². The van der Waals surface area contributed by atoms with Gasteiger partial charge in [-0.2, -0.15) is 8.42 Å². The molecule has 0 bridgehead atoms. The van der Waals surface area contributed by atoms with E-state index in [1.54, 1.807) is 24.3 Å². The van der Waals surface area contributed by atoms with Crippen LogP contribution in [0.1, 0.15) is 18.4 Å². The molecule has 0 radical (unpaired) electrons. The van der Waals surface area contributed by atoms with Gasteiger partial charge in [0.2, 0.25) is 0 Å². The molecule has 1 aromatic rings. The van der Waals surface area contributed by atoms with E-state index in [1.165, 1.54) is 0 Å². The Hall–Kier alpha value is -0.910. The van der Waals surface area contributed by atoms with Crippen molar-refractivity contribution in [3.8, 4) is 0 Å². The van der Waals surface area contributed by atoms with E-state index < -0.39 is 16.4 Å². The number of benzene rings is 1. The molecule has 1 fully saturated rings. The Morgan fingerprint density at radius 2 is 2.00 bits per heavy atom. The van der Waals surface area contributed by atoms with Gasteiger partial charge in [0.05, 0.1) is 4.90 Å². The van der Waals surface area contributed by atoms with Crippen LogP contribution < -0.4 is 0 Å². The first kappa shape index (κ1) is 11.6. The summed E-state index contributed by atoms with van der Waals surface area (Å²) in [5, 5.41) is 0. The molecule has 1 aliphatic heterocycles. The summed E-state index contributed by atoms with van der Waals surface area (Å²) >= 11 is 0. The molecule has 4 nitrogen and oxygen atoms in total. The summed E-state index contributed by atoms with van der Waals surface area (Å²) in [7, 11) is -3.69. The quantitative estimate of drug-likeness (QED) is 0.759. The lowest BCUT2D eigenvalue weighted by atomic mass is 10.2. The first-order valence-electron chi connectivity index (χ1n) is 5.19. The fourth-order valence-corrected chi connectivity index (χ4v) is 2.54. The molecule has 2 rings (SSSR count). The van der Waals surface area contributed by atoms with Gasteiger partial charge in [0.15, 0.2) is 6.29 Å². The van der Waals surface area contributed by atoms with Crippen LogP contribution in [0.4, 0.5) is 0 Å². The van der Waals surface area contributed by atoms with E-state index in [-0.39, 0.29) is 4.90 Å². The Bertz CT molecular complexity index is 443. The highest BCUT2D eigenvalue weighted by atomic mass is 32.2. The van der Waals surface area contributed by atoms with Gasteiger partial charge >= 0.3 is 0 Å². The Kier molecular flexibility index (Phi) is 3.28. The third-order valence-corrected chi connectivity index (χ3v) is 3.75. The topological polar surface area (TPSA) is 52.6 Å². The highest BCUT2D eigenvalue weighted by Gasteiger charge is 2.24. The summed E-state index contributed by atoms with van der Waals surface area (Å²) in [6.07, 6.45) is 0.852. The number of aryl methyl sites for hydroxylation is 1. The van der Waals surface area contributed by atoms with Crippen LogP contribution in [0.3, 0.4) is 0 Å². The Balaban J connectivity index is 2.14. The summed E-state index contributed by atoms with van der Waals surface area (Å²) in [6.45, 7) is 2.46. The van der Waals surface area contributed by atoms with Gasteiger partial charge in [-0.1, -0.05) is 17.7 Å². The van der Waals surface area contributed by atoms with Gasteiger partial charge in [-0.25, -0.2) is 4.18 Å². The van der Waals surface area contributed by atoms with Crippen molar-refractivity contribution in [1.29, 1.82) is 0 Å². The molecule has 5 heteroatoms. The molecule has 88 valence electrons. The fourth-order valence-electron chi connectivity index (χ4n) is 1.53. The number of hydrogen-bond donors (Lipinski definition) is 0. The van der Waals surface area contributed by atoms with E-state index in [4.69, 9.17) is 8.92 Å². The summed E-state index contributed by atoms with van der Waals surface area (Å²) in [6, 6.07) is 6.57. The van der Waals surface area contributed by atoms with Gasteiger partial charge in [0.1, 0.15) is 0 Å². The molecule has 0 N–H and O–H groups in total. The zero-order chi connectivity index (χ0) is 11.6. The van der Waals surface area contributed by atoms with Gasteiger partial charge in [0.25, 0.3) is 10.1 Å². The van der Waals surface area contributed by atoms with E-state index >= 15 is 0 Å². The average Bonchev–Trinajstić information content (AvgIpc) is 2.70. The van der Waals surface area contributed by atoms with Gasteiger partial charge < -0.3 is 4.74 Å². The van der Waals surface area contributed by atoms with E-state index in [2.05, 4.69) is 0 Å². The fraction of sp³-hybridized carbons (Fsp3) is 0.455. The lowest BCUT2D eigenvalue weighted by molar-refractivity contribution is -0.0344. The van der Waals surface area contributed by atoms with E-state index in [9.17, 15) is 8.42 Å². The third kappa shape index (κ3) is 2.61. The van der Waals surface area contributed by atoms with Crippen LogP contribution in [0.25, 0.3) is 0 Å². The van der Waals surface area contributed by atoms with Crippen molar-refractivity contribution in [1.82, 2.24) is 0 Å². The molecule has 1 aliphatic rings. The van der Waals surface area contributed by atoms with Crippen molar-refractivity contribution in [2.45, 2.75) is 31.0 Å². The van der Waals surface area contributed by atoms with Crippen LogP contribution in [-0.4, -0.2) is 21.3 Å². The van der Waals surface area contributed by atoms with Crippen LogP contribution in [0.15, 0.2) is 29.2 Å². The van der Waals surface area contributed by atoms with E-state index in [1.807, 2.05) is 6.92 Å². The second-order valence-electron chi connectivity index (χ2n) is 3.81. The molecule has 0 unspecified atom stereocenters. The van der Waals surface area contributed by atoms with Crippen molar-refractivity contribution in [3.63, 3.8) is 0 Å². The Labute approximate surface area is 95.3 Å². The van der Waals surface area contributed by atoms with Crippen LogP contribution in [0.5, 0.6) is 0 Å². The smallest absolute Gasteiger partial charge is 0.299 e. The minimum Gasteiger partial charge on any atom is -0.351 e. The number of hydrogen-bond acceptors (Lipinski definition) is 4. The summed E-state index contributed by atoms with van der Waals surface area (Å²) in [5.41, 5.74) is 1.01. The predicted octanol–water partition coefficient (Wildman–Crippen LogP) is 1.84. The number of ether oxygens (including phenoxy) is 1. The molecule has 0 saturated carbocycles. The van der Waals surface area contributed by atoms with E-state index in [0.29, 0.717) is 13.0 Å². The van der Waals surface area contributed by atoms with Gasteiger partial charge in [0, 0.05) is 13.0 Å². The largest absolute Gasteiger partial charge is 0.351 e. The average molecular weight is 242 g/mol. The molecule has 1 atom stereocenters. The first-order valence-corrected chi connectivity index (χ1v) is 6.60. The third-order valence-electron chi connectivity index (χ3n) is 2.43. The molecule has 0 aliphatic carbocycles. The van der Waals surface area contributed by atoms with Crippen LogP contribution in [0, 0.1) is 6.92 Å². The Morgan fingerprint density at radius 3 is 2.56 bits per heavy atom. The molecular formula is C11H14O4S. The summed E-state index contributed by atoms with van der Waals surface area (Å²) in [5.74, 6) is 0. The maximum Gasteiger partial charge on any atom is 0.299 e. The molecule has 1 saturated heterocycles. The monoisotopic (exact) mass is 242 g/mol. The van der Waals surface area contributed by atoms with Crippen molar-refractivity contribution in [2.75, 3.05) is 6.61 Å². The highest BCUT2D eigenvalue weighted by molar-refractivity contribution is 7.86. The SMILES string of the molecule is Cc1ccc(S(=O)(=O)O[C@H]2CCCO2)cc1. The predicted molar refractivity (Wildman–Crippen MR) is 58.4 cm³/mol. The zero-order valence-corrected chi connectivity index (χ0v) is 9.87. The normalized spacial score (nSPS) is 21.2. The van der Waals surface area contributed by atoms with Crippen LogP contribution in [-0.2, 0) is 19.0 Å². The maximum absolute atomic E-state index is 11.8. The maximum atomic E-state index is 11.8. The second kappa shape index (κ2) is 4.53. The lowest BCUT2D eigenvalue weighted by Gasteiger charge is -2.10. The van der Waals surface area contributed by atoms with Crippen molar-refractivity contribution in [2.24, 2.45) is 0 Å². The summed E-state index contributed by atoms with van der Waals surface area (Å²) < 4.78 is 33.7. The molecule has 0 amide bonds. The van der Waals surface area contributed by atoms with Crippen LogP contribution >= 0.6 is 0 Å². The van der Waals surface area contributed by atoms with Crippen molar-refractivity contribution < 1.29 is 17.3 Å². The number of rotatable bonds is 3. The zero-order valence-electron chi connectivity index (χ0n) is 9.05. The molecule has 1 heterocycles. The van der Waals surface area contributed by atoms with Gasteiger partial charge in [-0.05, 0) is 25.5 Å². The van der Waals surface area contributed by atoms with Crippen molar-refractivity contribution >= 4 is 10.1 Å². The van der Waals surface area contributed by atoms with Gasteiger partial charge in [-0.3, -0.25) is 0 Å². The van der Waals surface area contributed by atoms with Crippen LogP contribution in [0.2, 0.25) is 0 Å². The standard InChI is InChI=1S/C11H14O4S/c1-9-4-6-10(7-5-9)16(12,13)15-11-3-2-8-14-11/h4-7,11H,2-3,8H2,1H3/t11-/m0/s1. The first-order chi connectivity index (χ1) is 7.58. The minimum atomic E-state index is -3.69. The molecule has 1 aromatic carbocycles. The summed E-state index contributed by atoms with van der Waals surface area (Å²) in [4.78, 5) is 0.175. The molecular weight excluding hydrogens is 228 g/mol. The van der Waals surface area contributed by atoms with E-state index in [0.717, 1.165) is 12.0 Å². The van der Waals surface area contributed by atoms with Crippen molar-refractivity contribution in [3.05, 3.63) is 29.8 Å². The lowest BCUT2D eigenvalue weighted by Crippen LogP contribution is -2.17. The molecule has 0 spiro atoms. The molecule has 16 heavy (non-hydrogen) atoms. The highest BCUT2D eigenvalue weighted by Crippen LogP contribution is 2.20. The second-order valence-corrected chi connectivity index (χ2v) is 5.38. The molecule has 0 aromatic heterocycles.